The van der Waals surface area contributed by atoms with Gasteiger partial charge in [0.1, 0.15) is 5.82 Å². The molecule has 0 aliphatic rings. The van der Waals surface area contributed by atoms with Crippen LogP contribution in [0.5, 0.6) is 0 Å². The molecule has 88 valence electrons. The molecule has 0 saturated carbocycles. The second kappa shape index (κ2) is 4.25. The first-order valence-electron chi connectivity index (χ1n) is 4.95. The number of nitrogens with two attached hydrogens (primary N) is 1. The van der Waals surface area contributed by atoms with E-state index in [1.54, 1.807) is 19.1 Å². The van der Waals surface area contributed by atoms with Crippen LogP contribution in [-0.2, 0) is 0 Å². The molecule has 2 aromatic rings. The minimum Gasteiger partial charge on any atom is -0.394 e. The van der Waals surface area contributed by atoms with Crippen LogP contribution in [0, 0.1) is 12.7 Å². The van der Waals surface area contributed by atoms with Crippen LogP contribution in [0.3, 0.4) is 0 Å². The number of aromatic amines is 1. The average Bonchev–Trinajstić information content (AvgIpc) is 2.68. The molecule has 0 unspecified atom stereocenters. The predicted octanol–water partition coefficient (Wildman–Crippen LogP) is 1.69. The van der Waals surface area contributed by atoms with Gasteiger partial charge in [0.25, 0.3) is 5.91 Å². The third-order valence-corrected chi connectivity index (χ3v) is 2.34. The Morgan fingerprint density at radius 2 is 2.29 bits per heavy atom. The lowest BCUT2D eigenvalue weighted by atomic mass is 10.1. The van der Waals surface area contributed by atoms with E-state index in [-0.39, 0.29) is 11.4 Å². The maximum atomic E-state index is 13.7. The second-order valence-corrected chi connectivity index (χ2v) is 3.59. The maximum absolute atomic E-state index is 13.7. The van der Waals surface area contributed by atoms with Gasteiger partial charge in [-0.05, 0) is 18.6 Å². The minimum absolute atomic E-state index is 0.0287. The lowest BCUT2D eigenvalue weighted by molar-refractivity contribution is 0.102. The van der Waals surface area contributed by atoms with E-state index in [4.69, 9.17) is 5.73 Å². The van der Waals surface area contributed by atoms with Gasteiger partial charge >= 0.3 is 0 Å². The molecule has 0 aliphatic heterocycles. The molecular formula is C11H11FN4O. The van der Waals surface area contributed by atoms with E-state index >= 15 is 0 Å². The number of carbonyl (C=O) groups excluding carboxylic acids is 1. The summed E-state index contributed by atoms with van der Waals surface area (Å²) in [6.45, 7) is 1.59. The van der Waals surface area contributed by atoms with E-state index in [9.17, 15) is 9.18 Å². The first-order valence-corrected chi connectivity index (χ1v) is 4.95. The van der Waals surface area contributed by atoms with Crippen LogP contribution in [0.1, 0.15) is 15.9 Å². The number of benzene rings is 1. The average molecular weight is 234 g/mol. The van der Waals surface area contributed by atoms with Crippen molar-refractivity contribution < 1.29 is 9.18 Å². The normalized spacial score (nSPS) is 10.2. The number of hydrogen-bond donors (Lipinski definition) is 3. The van der Waals surface area contributed by atoms with Crippen LogP contribution >= 0.6 is 0 Å². The van der Waals surface area contributed by atoms with E-state index in [0.29, 0.717) is 11.3 Å². The van der Waals surface area contributed by atoms with E-state index in [1.807, 2.05) is 0 Å². The Morgan fingerprint density at radius 3 is 2.94 bits per heavy atom. The highest BCUT2D eigenvalue weighted by molar-refractivity contribution is 6.05. The quantitative estimate of drug-likeness (QED) is 0.739. The van der Waals surface area contributed by atoms with Crippen molar-refractivity contribution in [2.75, 3.05) is 11.1 Å². The molecule has 0 spiro atoms. The number of nitrogen functional groups attached to an aromatic ring is 1. The van der Waals surface area contributed by atoms with Crippen LogP contribution in [-0.4, -0.2) is 16.1 Å². The summed E-state index contributed by atoms with van der Waals surface area (Å²) in [5.41, 5.74) is 6.21. The number of anilines is 2. The van der Waals surface area contributed by atoms with Crippen molar-refractivity contribution in [3.05, 3.63) is 41.3 Å². The zero-order chi connectivity index (χ0) is 12.4. The van der Waals surface area contributed by atoms with Gasteiger partial charge in [-0.1, -0.05) is 12.1 Å². The van der Waals surface area contributed by atoms with Crippen LogP contribution in [0.4, 0.5) is 15.9 Å². The van der Waals surface area contributed by atoms with E-state index in [1.165, 1.54) is 12.3 Å². The molecule has 2 rings (SSSR count). The summed E-state index contributed by atoms with van der Waals surface area (Å²) in [7, 11) is 0. The highest BCUT2D eigenvalue weighted by atomic mass is 19.1. The van der Waals surface area contributed by atoms with Gasteiger partial charge in [-0.25, -0.2) is 4.39 Å². The van der Waals surface area contributed by atoms with Crippen LogP contribution < -0.4 is 11.1 Å². The largest absolute Gasteiger partial charge is 0.394 e. The highest BCUT2D eigenvalue weighted by Crippen LogP contribution is 2.16. The summed E-state index contributed by atoms with van der Waals surface area (Å²) in [4.78, 5) is 11.8. The number of carbonyl (C=O) groups is 1. The number of amides is 1. The molecule has 0 fully saturated rings. The fourth-order valence-electron chi connectivity index (χ4n) is 1.40. The Hall–Kier alpha value is -2.37. The molecule has 0 radical (unpaired) electrons. The number of aromatic nitrogens is 2. The lowest BCUT2D eigenvalue weighted by Gasteiger charge is -2.06. The van der Waals surface area contributed by atoms with Gasteiger partial charge < -0.3 is 11.1 Å². The SMILES string of the molecule is Cc1cccc(C(=O)Nc2[nH]ncc2N)c1F. The third kappa shape index (κ3) is 2.10. The number of nitrogens with zero attached hydrogens (tertiary/aromatic N) is 1. The zero-order valence-electron chi connectivity index (χ0n) is 9.12. The van der Waals surface area contributed by atoms with Crippen LogP contribution in [0.15, 0.2) is 24.4 Å². The number of H-pyrrole nitrogens is 1. The summed E-state index contributed by atoms with van der Waals surface area (Å²) in [6.07, 6.45) is 1.36. The summed E-state index contributed by atoms with van der Waals surface area (Å²) in [5, 5.41) is 8.61. The molecule has 1 amide bonds. The van der Waals surface area contributed by atoms with Gasteiger partial charge in [0.2, 0.25) is 0 Å². The zero-order valence-corrected chi connectivity index (χ0v) is 9.12. The topological polar surface area (TPSA) is 83.8 Å². The number of halogens is 1. The van der Waals surface area contributed by atoms with Crippen LogP contribution in [0.2, 0.25) is 0 Å². The molecule has 0 aliphatic carbocycles. The molecule has 0 atom stereocenters. The summed E-state index contributed by atoms with van der Waals surface area (Å²) in [5.74, 6) is -0.846. The van der Waals surface area contributed by atoms with Crippen LogP contribution in [0.25, 0.3) is 0 Å². The van der Waals surface area contributed by atoms with Crippen molar-refractivity contribution in [2.24, 2.45) is 0 Å². The molecule has 6 heteroatoms. The van der Waals surface area contributed by atoms with E-state index < -0.39 is 11.7 Å². The first-order chi connectivity index (χ1) is 8.09. The standard InChI is InChI=1S/C11H11FN4O/c1-6-3-2-4-7(9(6)12)11(17)15-10-8(13)5-14-16-10/h2-5H,13H2,1H3,(H2,14,15,16,17). The van der Waals surface area contributed by atoms with Gasteiger partial charge in [-0.3, -0.25) is 9.89 Å². The maximum Gasteiger partial charge on any atom is 0.259 e. The van der Waals surface area contributed by atoms with Gasteiger partial charge in [-0.2, -0.15) is 5.10 Å². The first kappa shape index (κ1) is 11.1. The molecule has 5 nitrogen and oxygen atoms in total. The van der Waals surface area contributed by atoms with Gasteiger partial charge in [0.15, 0.2) is 5.82 Å². The fraction of sp³-hybridized carbons (Fsp3) is 0.0909. The summed E-state index contributed by atoms with van der Waals surface area (Å²) in [6, 6.07) is 4.62. The molecule has 1 aromatic heterocycles. The minimum atomic E-state index is -0.567. The molecule has 17 heavy (non-hydrogen) atoms. The van der Waals surface area contributed by atoms with Crippen molar-refractivity contribution in [3.8, 4) is 0 Å². The Labute approximate surface area is 96.8 Å². The second-order valence-electron chi connectivity index (χ2n) is 3.59. The van der Waals surface area contributed by atoms with E-state index in [2.05, 4.69) is 15.5 Å². The van der Waals surface area contributed by atoms with Gasteiger partial charge in [0.05, 0.1) is 17.4 Å². The molecular weight excluding hydrogens is 223 g/mol. The summed E-state index contributed by atoms with van der Waals surface area (Å²) >= 11 is 0. The lowest BCUT2D eigenvalue weighted by Crippen LogP contribution is -2.15. The monoisotopic (exact) mass is 234 g/mol. The Morgan fingerprint density at radius 1 is 1.53 bits per heavy atom. The fourth-order valence-corrected chi connectivity index (χ4v) is 1.40. The smallest absolute Gasteiger partial charge is 0.259 e. The highest BCUT2D eigenvalue weighted by Gasteiger charge is 2.14. The summed E-state index contributed by atoms with van der Waals surface area (Å²) < 4.78 is 13.7. The number of hydrogen-bond acceptors (Lipinski definition) is 3. The van der Waals surface area contributed by atoms with E-state index in [0.717, 1.165) is 0 Å². The van der Waals surface area contributed by atoms with Crippen molar-refractivity contribution in [2.45, 2.75) is 6.92 Å². The van der Waals surface area contributed by atoms with Gasteiger partial charge in [-0.15, -0.1) is 0 Å². The molecule has 0 bridgehead atoms. The Kier molecular flexibility index (Phi) is 2.78. The molecule has 1 aromatic carbocycles. The molecule has 4 N–H and O–H groups in total. The number of aryl methyl sites for hydroxylation is 1. The van der Waals surface area contributed by atoms with Crippen molar-refractivity contribution in [1.82, 2.24) is 10.2 Å². The Bertz CT molecular complexity index is 564. The van der Waals surface area contributed by atoms with Crippen molar-refractivity contribution >= 4 is 17.4 Å². The van der Waals surface area contributed by atoms with Crippen molar-refractivity contribution in [1.29, 1.82) is 0 Å². The molecule has 1 heterocycles. The molecule has 0 saturated heterocycles. The number of nitrogens with one attached hydrogen (secondary N) is 2. The third-order valence-electron chi connectivity index (χ3n) is 2.34. The predicted molar refractivity (Wildman–Crippen MR) is 62.1 cm³/mol. The van der Waals surface area contributed by atoms with Gasteiger partial charge in [0, 0.05) is 0 Å². The van der Waals surface area contributed by atoms with Crippen molar-refractivity contribution in [3.63, 3.8) is 0 Å². The Balaban J connectivity index is 2.27. The number of rotatable bonds is 2.